The molecule has 0 aromatic carbocycles. The first-order valence-corrected chi connectivity index (χ1v) is 8.25. The van der Waals surface area contributed by atoms with Crippen LogP contribution in [0.4, 0.5) is 19.0 Å². The predicted octanol–water partition coefficient (Wildman–Crippen LogP) is 4.64. The molecule has 1 aliphatic rings. The van der Waals surface area contributed by atoms with E-state index < -0.39 is 12.6 Å². The van der Waals surface area contributed by atoms with Crippen LogP contribution in [0.2, 0.25) is 0 Å². The molecule has 0 radical (unpaired) electrons. The third-order valence-corrected chi connectivity index (χ3v) is 4.56. The van der Waals surface area contributed by atoms with Crippen LogP contribution in [0.1, 0.15) is 31.3 Å². The van der Waals surface area contributed by atoms with Crippen molar-refractivity contribution in [2.75, 3.05) is 5.32 Å². The van der Waals surface area contributed by atoms with Crippen molar-refractivity contribution in [1.29, 1.82) is 0 Å². The molecule has 2 atom stereocenters. The highest BCUT2D eigenvalue weighted by Gasteiger charge is 2.27. The van der Waals surface area contributed by atoms with Gasteiger partial charge < -0.3 is 5.32 Å². The Morgan fingerprint density at radius 3 is 2.80 bits per heavy atom. The number of halogens is 3. The summed E-state index contributed by atoms with van der Waals surface area (Å²) in [5, 5.41) is 3.13. The largest absolute Gasteiger partial charge is 0.364 e. The van der Waals surface area contributed by atoms with E-state index in [2.05, 4.69) is 15.3 Å². The standard InChI is InChI=1S/C18H17F3N4/c19-12-3-1-4-13(12)23-16-6-2-5-14(24-16)15-9-22-17-8-7-11(18(20)21)10-25(15)17/h2,5-10,12-13,18H,1,3-4H2,(H,23,24)/t12-,13-/m0/s1. The van der Waals surface area contributed by atoms with Gasteiger partial charge in [0.05, 0.1) is 23.6 Å². The maximum Gasteiger partial charge on any atom is 0.265 e. The highest BCUT2D eigenvalue weighted by atomic mass is 19.3. The van der Waals surface area contributed by atoms with Crippen molar-refractivity contribution in [3.8, 4) is 11.4 Å². The highest BCUT2D eigenvalue weighted by molar-refractivity contribution is 5.62. The number of alkyl halides is 3. The maximum atomic E-state index is 13.8. The molecule has 3 aromatic rings. The zero-order chi connectivity index (χ0) is 17.4. The Kier molecular flexibility index (Phi) is 4.07. The molecule has 130 valence electrons. The summed E-state index contributed by atoms with van der Waals surface area (Å²) in [5.41, 5.74) is 1.70. The Hall–Kier alpha value is -2.57. The van der Waals surface area contributed by atoms with Crippen LogP contribution >= 0.6 is 0 Å². The topological polar surface area (TPSA) is 42.2 Å². The van der Waals surface area contributed by atoms with Gasteiger partial charge in [0.25, 0.3) is 6.43 Å². The van der Waals surface area contributed by atoms with Crippen LogP contribution < -0.4 is 5.32 Å². The molecule has 0 saturated heterocycles. The molecule has 0 spiro atoms. The fraction of sp³-hybridized carbons (Fsp3) is 0.333. The number of anilines is 1. The molecule has 0 amide bonds. The number of hydrogen-bond donors (Lipinski definition) is 1. The molecule has 3 aromatic heterocycles. The summed E-state index contributed by atoms with van der Waals surface area (Å²) in [4.78, 5) is 8.75. The first-order valence-electron chi connectivity index (χ1n) is 8.25. The first-order chi connectivity index (χ1) is 12.1. The fourth-order valence-electron chi connectivity index (χ4n) is 3.24. The molecule has 1 saturated carbocycles. The number of nitrogens with one attached hydrogen (secondary N) is 1. The summed E-state index contributed by atoms with van der Waals surface area (Å²) < 4.78 is 41.3. The SMILES string of the molecule is FC(F)c1ccc2ncc(-c3cccc(N[C@H]4CCC[C@@H]4F)n3)n2c1. The third-order valence-electron chi connectivity index (χ3n) is 4.56. The van der Waals surface area contributed by atoms with Crippen LogP contribution in [-0.4, -0.2) is 26.6 Å². The van der Waals surface area contributed by atoms with E-state index in [1.54, 1.807) is 28.8 Å². The second kappa shape index (κ2) is 6.38. The van der Waals surface area contributed by atoms with E-state index >= 15 is 0 Å². The summed E-state index contributed by atoms with van der Waals surface area (Å²) in [6.45, 7) is 0. The van der Waals surface area contributed by atoms with Gasteiger partial charge in [0.1, 0.15) is 17.6 Å². The van der Waals surface area contributed by atoms with E-state index in [1.165, 1.54) is 12.3 Å². The predicted molar refractivity (Wildman–Crippen MR) is 89.5 cm³/mol. The van der Waals surface area contributed by atoms with E-state index in [-0.39, 0.29) is 11.6 Å². The molecule has 0 bridgehead atoms. The van der Waals surface area contributed by atoms with Crippen molar-refractivity contribution in [3.05, 3.63) is 48.3 Å². The van der Waals surface area contributed by atoms with Crippen molar-refractivity contribution in [2.24, 2.45) is 0 Å². The normalized spacial score (nSPS) is 20.5. The number of hydrogen-bond acceptors (Lipinski definition) is 3. The van der Waals surface area contributed by atoms with Crippen LogP contribution in [0.15, 0.2) is 42.7 Å². The maximum absolute atomic E-state index is 13.8. The number of fused-ring (bicyclic) bond motifs is 1. The molecular weight excluding hydrogens is 329 g/mol. The average molecular weight is 346 g/mol. The van der Waals surface area contributed by atoms with E-state index in [0.717, 1.165) is 12.8 Å². The van der Waals surface area contributed by atoms with Gasteiger partial charge in [-0.3, -0.25) is 4.40 Å². The molecular formula is C18H17F3N4. The second-order valence-electron chi connectivity index (χ2n) is 6.24. The van der Waals surface area contributed by atoms with Crippen molar-refractivity contribution >= 4 is 11.5 Å². The Balaban J connectivity index is 1.68. The number of rotatable bonds is 4. The lowest BCUT2D eigenvalue weighted by Crippen LogP contribution is -2.25. The van der Waals surface area contributed by atoms with Crippen molar-refractivity contribution < 1.29 is 13.2 Å². The number of nitrogens with zero attached hydrogens (tertiary/aromatic N) is 3. The second-order valence-corrected chi connectivity index (χ2v) is 6.24. The summed E-state index contributed by atoms with van der Waals surface area (Å²) in [6.07, 6.45) is 1.77. The van der Waals surface area contributed by atoms with Gasteiger partial charge in [0.2, 0.25) is 0 Å². The molecule has 4 rings (SSSR count). The van der Waals surface area contributed by atoms with Gasteiger partial charge in [0.15, 0.2) is 0 Å². The van der Waals surface area contributed by atoms with E-state index in [1.807, 2.05) is 6.07 Å². The molecule has 3 heterocycles. The summed E-state index contributed by atoms with van der Waals surface area (Å²) in [7, 11) is 0. The van der Waals surface area contributed by atoms with Gasteiger partial charge in [-0.1, -0.05) is 6.07 Å². The lowest BCUT2D eigenvalue weighted by molar-refractivity contribution is 0.151. The Bertz CT molecular complexity index is 893. The lowest BCUT2D eigenvalue weighted by atomic mass is 10.2. The number of imidazole rings is 1. The zero-order valence-corrected chi connectivity index (χ0v) is 13.4. The molecule has 4 nitrogen and oxygen atoms in total. The van der Waals surface area contributed by atoms with Gasteiger partial charge in [-0.25, -0.2) is 23.1 Å². The van der Waals surface area contributed by atoms with E-state index in [0.29, 0.717) is 29.3 Å². The van der Waals surface area contributed by atoms with Crippen molar-refractivity contribution in [1.82, 2.24) is 14.4 Å². The van der Waals surface area contributed by atoms with E-state index in [9.17, 15) is 13.2 Å². The smallest absolute Gasteiger partial charge is 0.265 e. The quantitative estimate of drug-likeness (QED) is 0.748. The minimum atomic E-state index is -2.55. The minimum absolute atomic E-state index is 0.0766. The van der Waals surface area contributed by atoms with Crippen LogP contribution in [0, 0.1) is 0 Å². The van der Waals surface area contributed by atoms with Crippen LogP contribution in [0.5, 0.6) is 0 Å². The number of pyridine rings is 2. The van der Waals surface area contributed by atoms with Crippen LogP contribution in [0.3, 0.4) is 0 Å². The lowest BCUT2D eigenvalue weighted by Gasteiger charge is -2.16. The molecule has 0 unspecified atom stereocenters. The zero-order valence-electron chi connectivity index (χ0n) is 13.4. The number of aromatic nitrogens is 3. The highest BCUT2D eigenvalue weighted by Crippen LogP contribution is 2.27. The fourth-order valence-corrected chi connectivity index (χ4v) is 3.24. The molecule has 25 heavy (non-hydrogen) atoms. The Labute approximate surface area is 142 Å². The van der Waals surface area contributed by atoms with E-state index in [4.69, 9.17) is 0 Å². The van der Waals surface area contributed by atoms with Crippen LogP contribution in [-0.2, 0) is 0 Å². The molecule has 1 aliphatic carbocycles. The minimum Gasteiger partial charge on any atom is -0.364 e. The third kappa shape index (κ3) is 3.06. The molecule has 7 heteroatoms. The summed E-state index contributed by atoms with van der Waals surface area (Å²) in [5.74, 6) is 0.576. The van der Waals surface area contributed by atoms with Gasteiger partial charge in [-0.2, -0.15) is 0 Å². The van der Waals surface area contributed by atoms with Gasteiger partial charge >= 0.3 is 0 Å². The van der Waals surface area contributed by atoms with Gasteiger partial charge in [-0.15, -0.1) is 0 Å². The first kappa shape index (κ1) is 15.9. The molecule has 1 N–H and O–H groups in total. The van der Waals surface area contributed by atoms with Gasteiger partial charge in [-0.05, 0) is 43.5 Å². The average Bonchev–Trinajstić information content (AvgIpc) is 3.21. The van der Waals surface area contributed by atoms with Crippen molar-refractivity contribution in [3.63, 3.8) is 0 Å². The summed E-state index contributed by atoms with van der Waals surface area (Å²) >= 11 is 0. The van der Waals surface area contributed by atoms with Gasteiger partial charge in [0, 0.05) is 11.8 Å². The molecule has 1 fully saturated rings. The van der Waals surface area contributed by atoms with Crippen LogP contribution in [0.25, 0.3) is 17.0 Å². The monoisotopic (exact) mass is 346 g/mol. The van der Waals surface area contributed by atoms with Crippen molar-refractivity contribution in [2.45, 2.75) is 37.9 Å². The molecule has 0 aliphatic heterocycles. The Morgan fingerprint density at radius 2 is 2.04 bits per heavy atom. The Morgan fingerprint density at radius 1 is 1.16 bits per heavy atom. The summed E-state index contributed by atoms with van der Waals surface area (Å²) in [6, 6.07) is 8.06.